The Bertz CT molecular complexity index is 1060. The summed E-state index contributed by atoms with van der Waals surface area (Å²) in [5.74, 6) is -0.119. The van der Waals surface area contributed by atoms with Crippen molar-refractivity contribution in [2.45, 2.75) is 44.0 Å². The molecular weight excluding hydrogens is 373 g/mol. The Hall–Kier alpha value is -2.46. The predicted molar refractivity (Wildman–Crippen MR) is 97.5 cm³/mol. The van der Waals surface area contributed by atoms with Crippen molar-refractivity contribution in [3.8, 4) is 5.88 Å². The molecule has 0 spiro atoms. The molecule has 27 heavy (non-hydrogen) atoms. The Balaban J connectivity index is 1.67. The third-order valence-electron chi connectivity index (χ3n) is 4.87. The van der Waals surface area contributed by atoms with E-state index in [1.165, 1.54) is 12.3 Å². The van der Waals surface area contributed by atoms with E-state index in [4.69, 9.17) is 9.88 Å². The molecule has 1 aromatic heterocycles. The summed E-state index contributed by atoms with van der Waals surface area (Å²) in [5, 5.41) is 12.5. The van der Waals surface area contributed by atoms with Gasteiger partial charge in [0, 0.05) is 18.5 Å². The minimum Gasteiger partial charge on any atom is -0.477 e. The number of fused-ring (bicyclic) bond motifs is 2. The molecule has 2 aromatic rings. The fourth-order valence-corrected chi connectivity index (χ4v) is 4.54. The monoisotopic (exact) mass is 393 g/mol. The highest BCUT2D eigenvalue weighted by Crippen LogP contribution is 2.34. The second-order valence-electron chi connectivity index (χ2n) is 6.68. The molecule has 8 nitrogen and oxygen atoms in total. The lowest BCUT2D eigenvalue weighted by atomic mass is 10.0. The molecule has 0 bridgehead atoms. The van der Waals surface area contributed by atoms with Gasteiger partial charge < -0.3 is 10.1 Å². The minimum atomic E-state index is -3.55. The topological polar surface area (TPSA) is 112 Å². The normalized spacial score (nSPS) is 17.4. The largest absolute Gasteiger partial charge is 0.477 e. The van der Waals surface area contributed by atoms with Gasteiger partial charge in [0.05, 0.1) is 18.5 Å². The van der Waals surface area contributed by atoms with Crippen molar-refractivity contribution in [2.75, 3.05) is 11.9 Å². The van der Waals surface area contributed by atoms with Crippen molar-refractivity contribution in [2.24, 2.45) is 9.50 Å². The van der Waals surface area contributed by atoms with Gasteiger partial charge in [-0.3, -0.25) is 0 Å². The number of carbonyl (C=O) groups is 1. The Labute approximate surface area is 156 Å². The van der Waals surface area contributed by atoms with Crippen LogP contribution in [0.2, 0.25) is 0 Å². The van der Waals surface area contributed by atoms with Gasteiger partial charge in [-0.1, -0.05) is 0 Å². The van der Waals surface area contributed by atoms with Crippen LogP contribution in [0.4, 0.5) is 14.9 Å². The van der Waals surface area contributed by atoms with E-state index >= 15 is 0 Å². The number of nitrogens with zero attached hydrogens (tertiary/aromatic N) is 3. The molecule has 1 unspecified atom stereocenters. The molecular formula is C17H20FN5O3S. The van der Waals surface area contributed by atoms with Crippen LogP contribution < -0.4 is 15.2 Å². The number of hydrogen-bond acceptors (Lipinski definition) is 4. The number of hydrogen-bond donors (Lipinski definition) is 2. The first kappa shape index (κ1) is 17.9. The number of nitrogens with two attached hydrogens (primary N) is 1. The molecule has 4 rings (SSSR count). The first-order valence-corrected chi connectivity index (χ1v) is 10.3. The van der Waals surface area contributed by atoms with Gasteiger partial charge in [-0.25, -0.2) is 23.2 Å². The van der Waals surface area contributed by atoms with E-state index in [0.717, 1.165) is 36.8 Å². The van der Waals surface area contributed by atoms with Crippen LogP contribution >= 0.6 is 0 Å². The highest BCUT2D eigenvalue weighted by molar-refractivity contribution is 7.91. The van der Waals surface area contributed by atoms with Gasteiger partial charge in [-0.2, -0.15) is 5.10 Å². The summed E-state index contributed by atoms with van der Waals surface area (Å²) in [6.45, 7) is 2.66. The van der Waals surface area contributed by atoms with E-state index in [-0.39, 0.29) is 10.8 Å². The second kappa shape index (κ2) is 6.61. The number of anilines is 1. The lowest BCUT2D eigenvalue weighted by Gasteiger charge is -2.16. The van der Waals surface area contributed by atoms with Crippen molar-refractivity contribution in [3.05, 3.63) is 34.8 Å². The van der Waals surface area contributed by atoms with Crippen LogP contribution in [-0.4, -0.2) is 26.6 Å². The average molecular weight is 393 g/mol. The van der Waals surface area contributed by atoms with Gasteiger partial charge in [-0.15, -0.1) is 4.36 Å². The molecule has 0 fully saturated rings. The molecule has 0 saturated heterocycles. The second-order valence-corrected chi connectivity index (χ2v) is 8.44. The minimum absolute atomic E-state index is 0.0820. The number of halogens is 1. The van der Waals surface area contributed by atoms with E-state index in [0.29, 0.717) is 24.4 Å². The number of nitrogens with one attached hydrogen (secondary N) is 1. The maximum atomic E-state index is 14.1. The maximum Gasteiger partial charge on any atom is 0.354 e. The van der Waals surface area contributed by atoms with E-state index in [1.54, 1.807) is 11.6 Å². The van der Waals surface area contributed by atoms with E-state index in [2.05, 4.69) is 14.8 Å². The standard InChI is InChI=1S/C17H20FN5O3S/c1-10-13(18)8-11-4-2-5-12(11)15(10)21-17(24)22-27(19,25)14-9-20-23-6-3-7-26-16(14)23/h8-9H,2-7H2,1H3,(H3,19,21,22,24,25). The van der Waals surface area contributed by atoms with Crippen molar-refractivity contribution in [1.29, 1.82) is 0 Å². The number of aryl methyl sites for hydroxylation is 2. The number of amides is 2. The highest BCUT2D eigenvalue weighted by atomic mass is 32.2. The molecule has 0 radical (unpaired) electrons. The molecule has 0 saturated carbocycles. The highest BCUT2D eigenvalue weighted by Gasteiger charge is 2.25. The molecule has 1 aliphatic heterocycles. The van der Waals surface area contributed by atoms with Crippen LogP contribution in [0, 0.1) is 12.7 Å². The number of ether oxygens (including phenoxy) is 1. The summed E-state index contributed by atoms with van der Waals surface area (Å²) in [7, 11) is -3.55. The molecule has 2 aliphatic rings. The van der Waals surface area contributed by atoms with Crippen molar-refractivity contribution < 1.29 is 18.1 Å². The zero-order valence-corrected chi connectivity index (χ0v) is 15.6. The van der Waals surface area contributed by atoms with Crippen LogP contribution in [0.5, 0.6) is 5.88 Å². The zero-order valence-electron chi connectivity index (χ0n) is 14.8. The first-order valence-electron chi connectivity index (χ1n) is 8.72. The van der Waals surface area contributed by atoms with E-state index < -0.39 is 21.8 Å². The Morgan fingerprint density at radius 1 is 1.44 bits per heavy atom. The molecule has 1 aliphatic carbocycles. The first-order chi connectivity index (χ1) is 12.9. The molecule has 144 valence electrons. The SMILES string of the molecule is Cc1c(F)cc2c(c1NC(=O)N=S(N)(=O)c1cnn3c1OCCC3)CCC2. The molecule has 1 atom stereocenters. The predicted octanol–water partition coefficient (Wildman–Crippen LogP) is 2.53. The van der Waals surface area contributed by atoms with Crippen LogP contribution in [-0.2, 0) is 29.3 Å². The fourth-order valence-electron chi connectivity index (χ4n) is 3.54. The molecule has 2 heterocycles. The van der Waals surface area contributed by atoms with Gasteiger partial charge in [0.25, 0.3) is 0 Å². The van der Waals surface area contributed by atoms with Gasteiger partial charge in [0.2, 0.25) is 5.88 Å². The summed E-state index contributed by atoms with van der Waals surface area (Å²) in [6, 6.07) is 0.619. The van der Waals surface area contributed by atoms with Crippen LogP contribution in [0.15, 0.2) is 21.5 Å². The van der Waals surface area contributed by atoms with E-state index in [9.17, 15) is 13.4 Å². The van der Waals surface area contributed by atoms with Gasteiger partial charge in [-0.05, 0) is 43.4 Å². The third-order valence-corrected chi connectivity index (χ3v) is 6.22. The molecule has 1 aromatic carbocycles. The quantitative estimate of drug-likeness (QED) is 0.816. The van der Waals surface area contributed by atoms with Crippen molar-refractivity contribution in [3.63, 3.8) is 0 Å². The summed E-state index contributed by atoms with van der Waals surface area (Å²) in [5.41, 5.74) is 2.49. The average Bonchev–Trinajstić information content (AvgIpc) is 3.25. The lowest BCUT2D eigenvalue weighted by Crippen LogP contribution is -2.21. The summed E-state index contributed by atoms with van der Waals surface area (Å²) in [6.07, 6.45) is 4.49. The summed E-state index contributed by atoms with van der Waals surface area (Å²) in [4.78, 5) is 12.5. The van der Waals surface area contributed by atoms with Crippen molar-refractivity contribution >= 4 is 21.6 Å². The summed E-state index contributed by atoms with van der Waals surface area (Å²) >= 11 is 0. The maximum absolute atomic E-state index is 14.1. The van der Waals surface area contributed by atoms with Gasteiger partial charge in [0.15, 0.2) is 9.92 Å². The number of rotatable bonds is 2. The molecule has 10 heteroatoms. The van der Waals surface area contributed by atoms with Crippen LogP contribution in [0.25, 0.3) is 0 Å². The number of aromatic nitrogens is 2. The lowest BCUT2D eigenvalue weighted by molar-refractivity contribution is 0.224. The Morgan fingerprint density at radius 2 is 2.26 bits per heavy atom. The third kappa shape index (κ3) is 3.19. The summed E-state index contributed by atoms with van der Waals surface area (Å²) < 4.78 is 37.7. The zero-order chi connectivity index (χ0) is 19.2. The van der Waals surface area contributed by atoms with Crippen LogP contribution in [0.3, 0.4) is 0 Å². The Morgan fingerprint density at radius 3 is 3.07 bits per heavy atom. The van der Waals surface area contributed by atoms with Crippen LogP contribution in [0.1, 0.15) is 29.5 Å². The van der Waals surface area contributed by atoms with Gasteiger partial charge in [0.1, 0.15) is 10.7 Å². The smallest absolute Gasteiger partial charge is 0.354 e. The van der Waals surface area contributed by atoms with Gasteiger partial charge >= 0.3 is 6.03 Å². The fraction of sp³-hybridized carbons (Fsp3) is 0.412. The molecule has 2 amide bonds. The Kier molecular flexibility index (Phi) is 4.39. The van der Waals surface area contributed by atoms with E-state index in [1.807, 2.05) is 0 Å². The number of carbonyl (C=O) groups excluding carboxylic acids is 1. The van der Waals surface area contributed by atoms with Crippen molar-refractivity contribution in [1.82, 2.24) is 9.78 Å². The molecule has 3 N–H and O–H groups in total. The number of urea groups is 1. The number of benzene rings is 1.